The fourth-order valence-corrected chi connectivity index (χ4v) is 3.78. The Bertz CT molecular complexity index is 1180. The van der Waals surface area contributed by atoms with Crippen molar-refractivity contribution in [1.82, 2.24) is 25.1 Å². The molecule has 5 rings (SSSR count). The normalized spacial score (nSPS) is 16.8. The molecule has 0 bridgehead atoms. The van der Waals surface area contributed by atoms with E-state index in [2.05, 4.69) is 32.4 Å². The number of rotatable bonds is 3. The number of benzene rings is 1. The van der Waals surface area contributed by atoms with Crippen molar-refractivity contribution < 1.29 is 4.79 Å². The molecule has 1 atom stereocenters. The van der Waals surface area contributed by atoms with Crippen LogP contribution in [0.4, 0.5) is 11.5 Å². The first-order valence-electron chi connectivity index (χ1n) is 9.43. The maximum absolute atomic E-state index is 12.9. The minimum atomic E-state index is 0.0139. The number of fused-ring (bicyclic) bond motifs is 2. The van der Waals surface area contributed by atoms with E-state index in [0.29, 0.717) is 11.6 Å². The Morgan fingerprint density at radius 2 is 2.11 bits per heavy atom. The number of likely N-dealkylation sites (tertiary alicyclic amines) is 1. The van der Waals surface area contributed by atoms with E-state index in [9.17, 15) is 4.79 Å². The molecule has 0 unspecified atom stereocenters. The standard InChI is InChI=1S/C21H20N6O/c1-13-7-10-27(12-13)21(28)18-16-5-4-15(11-14(16)6-9-22-18)24-20-17-3-2-8-23-19(17)25-26-20/h2-6,8-9,11,13H,7,10,12H2,1H3,(H2,23,24,25,26)/t13-/m0/s1. The van der Waals surface area contributed by atoms with Crippen LogP contribution in [0.5, 0.6) is 0 Å². The van der Waals surface area contributed by atoms with Gasteiger partial charge < -0.3 is 10.2 Å². The SMILES string of the molecule is C[C@H]1CCN(C(=O)c2nccc3cc(Nc4n[nH]c5ncccc45)ccc23)C1. The quantitative estimate of drug-likeness (QED) is 0.572. The van der Waals surface area contributed by atoms with Gasteiger partial charge in [0, 0.05) is 36.6 Å². The minimum absolute atomic E-state index is 0.0139. The molecule has 7 nitrogen and oxygen atoms in total. The predicted molar refractivity (Wildman–Crippen MR) is 109 cm³/mol. The second kappa shape index (κ2) is 6.60. The summed E-state index contributed by atoms with van der Waals surface area (Å²) >= 11 is 0. The number of amides is 1. The third-order valence-corrected chi connectivity index (χ3v) is 5.28. The lowest BCUT2D eigenvalue weighted by molar-refractivity contribution is 0.0784. The number of carbonyl (C=O) groups is 1. The van der Waals surface area contributed by atoms with Gasteiger partial charge in [-0.2, -0.15) is 5.10 Å². The molecular weight excluding hydrogens is 352 g/mol. The number of anilines is 2. The molecule has 1 amide bonds. The van der Waals surface area contributed by atoms with Crippen LogP contribution in [0.3, 0.4) is 0 Å². The van der Waals surface area contributed by atoms with Gasteiger partial charge >= 0.3 is 0 Å². The molecule has 1 saturated heterocycles. The molecule has 0 aliphatic carbocycles. The van der Waals surface area contributed by atoms with Gasteiger partial charge in [-0.1, -0.05) is 6.92 Å². The molecule has 2 N–H and O–H groups in total. The Hall–Kier alpha value is -3.48. The highest BCUT2D eigenvalue weighted by Gasteiger charge is 2.26. The third kappa shape index (κ3) is 2.85. The van der Waals surface area contributed by atoms with Crippen molar-refractivity contribution in [3.8, 4) is 0 Å². The molecule has 4 heterocycles. The molecule has 28 heavy (non-hydrogen) atoms. The number of H-pyrrole nitrogens is 1. The van der Waals surface area contributed by atoms with Crippen molar-refractivity contribution in [3.05, 3.63) is 54.5 Å². The molecule has 0 saturated carbocycles. The van der Waals surface area contributed by atoms with E-state index in [0.717, 1.165) is 52.8 Å². The summed E-state index contributed by atoms with van der Waals surface area (Å²) < 4.78 is 0. The Morgan fingerprint density at radius 1 is 1.18 bits per heavy atom. The number of aromatic amines is 1. The first-order valence-corrected chi connectivity index (χ1v) is 9.43. The number of nitrogens with one attached hydrogen (secondary N) is 2. The van der Waals surface area contributed by atoms with Crippen molar-refractivity contribution in [2.75, 3.05) is 18.4 Å². The van der Waals surface area contributed by atoms with Crippen LogP contribution in [-0.4, -0.2) is 44.1 Å². The van der Waals surface area contributed by atoms with Crippen LogP contribution in [0.25, 0.3) is 21.8 Å². The van der Waals surface area contributed by atoms with Crippen LogP contribution < -0.4 is 5.32 Å². The summed E-state index contributed by atoms with van der Waals surface area (Å²) in [6, 6.07) is 11.7. The number of pyridine rings is 2. The number of carbonyl (C=O) groups excluding carboxylic acids is 1. The number of hydrogen-bond acceptors (Lipinski definition) is 5. The summed E-state index contributed by atoms with van der Waals surface area (Å²) in [7, 11) is 0. The van der Waals surface area contributed by atoms with Crippen molar-refractivity contribution in [2.45, 2.75) is 13.3 Å². The van der Waals surface area contributed by atoms with Crippen molar-refractivity contribution in [2.24, 2.45) is 5.92 Å². The molecule has 1 aliphatic heterocycles. The summed E-state index contributed by atoms with van der Waals surface area (Å²) in [4.78, 5) is 23.5. The van der Waals surface area contributed by atoms with Crippen LogP contribution in [0.1, 0.15) is 23.8 Å². The zero-order chi connectivity index (χ0) is 19.1. The van der Waals surface area contributed by atoms with E-state index in [1.165, 1.54) is 0 Å². The Balaban J connectivity index is 1.48. The van der Waals surface area contributed by atoms with Crippen molar-refractivity contribution in [3.63, 3.8) is 0 Å². The van der Waals surface area contributed by atoms with Crippen molar-refractivity contribution in [1.29, 1.82) is 0 Å². The number of aromatic nitrogens is 4. The zero-order valence-electron chi connectivity index (χ0n) is 15.5. The van der Waals surface area contributed by atoms with Gasteiger partial charge in [0.2, 0.25) is 0 Å². The van der Waals surface area contributed by atoms with Crippen LogP contribution in [0.2, 0.25) is 0 Å². The average molecular weight is 372 g/mol. The minimum Gasteiger partial charge on any atom is -0.338 e. The van der Waals surface area contributed by atoms with Crippen LogP contribution in [0, 0.1) is 5.92 Å². The van der Waals surface area contributed by atoms with Gasteiger partial charge in [0.1, 0.15) is 5.69 Å². The van der Waals surface area contributed by atoms with E-state index >= 15 is 0 Å². The second-order valence-electron chi connectivity index (χ2n) is 7.34. The van der Waals surface area contributed by atoms with Gasteiger partial charge in [-0.05, 0) is 54.1 Å². The van der Waals surface area contributed by atoms with Gasteiger partial charge in [0.15, 0.2) is 11.5 Å². The Labute approximate surface area is 161 Å². The highest BCUT2D eigenvalue weighted by atomic mass is 16.2. The Kier molecular flexibility index (Phi) is 3.93. The maximum atomic E-state index is 12.9. The lowest BCUT2D eigenvalue weighted by atomic mass is 10.1. The molecule has 0 spiro atoms. The number of nitrogens with zero attached hydrogens (tertiary/aromatic N) is 4. The summed E-state index contributed by atoms with van der Waals surface area (Å²) in [6.07, 6.45) is 4.48. The molecule has 1 aromatic carbocycles. The van der Waals surface area contributed by atoms with E-state index < -0.39 is 0 Å². The van der Waals surface area contributed by atoms with E-state index in [4.69, 9.17) is 0 Å². The first-order chi connectivity index (χ1) is 13.7. The fraction of sp³-hybridized carbons (Fsp3) is 0.238. The molecule has 7 heteroatoms. The topological polar surface area (TPSA) is 86.8 Å². The molecule has 3 aromatic heterocycles. The van der Waals surface area contributed by atoms with E-state index in [1.807, 2.05) is 41.3 Å². The lowest BCUT2D eigenvalue weighted by Gasteiger charge is -2.16. The lowest BCUT2D eigenvalue weighted by Crippen LogP contribution is -2.29. The first kappa shape index (κ1) is 16.7. The molecule has 1 fully saturated rings. The third-order valence-electron chi connectivity index (χ3n) is 5.28. The van der Waals surface area contributed by atoms with Gasteiger partial charge in [0.25, 0.3) is 5.91 Å². The molecule has 0 radical (unpaired) electrons. The highest BCUT2D eigenvalue weighted by molar-refractivity contribution is 6.06. The monoisotopic (exact) mass is 372 g/mol. The molecule has 1 aliphatic rings. The fourth-order valence-electron chi connectivity index (χ4n) is 3.78. The summed E-state index contributed by atoms with van der Waals surface area (Å²) in [5.41, 5.74) is 2.15. The summed E-state index contributed by atoms with van der Waals surface area (Å²) in [5.74, 6) is 1.28. The summed E-state index contributed by atoms with van der Waals surface area (Å²) in [6.45, 7) is 3.78. The predicted octanol–water partition coefficient (Wildman–Crippen LogP) is 3.73. The van der Waals surface area contributed by atoms with Crippen LogP contribution >= 0.6 is 0 Å². The van der Waals surface area contributed by atoms with Crippen LogP contribution in [0.15, 0.2) is 48.8 Å². The smallest absolute Gasteiger partial charge is 0.273 e. The zero-order valence-corrected chi connectivity index (χ0v) is 15.5. The Morgan fingerprint density at radius 3 is 2.96 bits per heavy atom. The molecule has 140 valence electrons. The molecule has 4 aromatic rings. The van der Waals surface area contributed by atoms with Crippen LogP contribution in [-0.2, 0) is 0 Å². The highest BCUT2D eigenvalue weighted by Crippen LogP contribution is 2.27. The van der Waals surface area contributed by atoms with Gasteiger partial charge in [-0.3, -0.25) is 14.9 Å². The molecular formula is C21H20N6O. The van der Waals surface area contributed by atoms with E-state index in [-0.39, 0.29) is 5.91 Å². The van der Waals surface area contributed by atoms with Gasteiger partial charge in [0.05, 0.1) is 5.39 Å². The van der Waals surface area contributed by atoms with Gasteiger partial charge in [-0.15, -0.1) is 0 Å². The number of hydrogen-bond donors (Lipinski definition) is 2. The maximum Gasteiger partial charge on any atom is 0.273 e. The summed E-state index contributed by atoms with van der Waals surface area (Å²) in [5, 5.41) is 13.3. The average Bonchev–Trinajstić information content (AvgIpc) is 3.33. The van der Waals surface area contributed by atoms with Crippen molar-refractivity contribution >= 4 is 39.2 Å². The second-order valence-corrected chi connectivity index (χ2v) is 7.34. The van der Waals surface area contributed by atoms with Gasteiger partial charge in [-0.25, -0.2) is 4.98 Å². The van der Waals surface area contributed by atoms with E-state index in [1.54, 1.807) is 12.4 Å². The largest absolute Gasteiger partial charge is 0.338 e.